The second-order valence-corrected chi connectivity index (χ2v) is 2.73. The minimum atomic E-state index is 0.903. The molecule has 1 rings (SSSR count). The van der Waals surface area contributed by atoms with Crippen molar-refractivity contribution in [1.29, 1.82) is 0 Å². The summed E-state index contributed by atoms with van der Waals surface area (Å²) in [4.78, 5) is 7.08. The first-order chi connectivity index (χ1) is 7.26. The molecule has 0 saturated carbocycles. The van der Waals surface area contributed by atoms with Crippen molar-refractivity contribution in [3.8, 4) is 0 Å². The number of aromatic amines is 1. The summed E-state index contributed by atoms with van der Waals surface area (Å²) in [5.74, 6) is 0.903. The molecule has 0 aromatic carbocycles. The first-order valence-electron chi connectivity index (χ1n) is 5.55. The largest absolute Gasteiger partial charge is 0.346 e. The highest BCUT2D eigenvalue weighted by molar-refractivity contribution is 5.73. The Morgan fingerprint density at radius 1 is 1.40 bits per heavy atom. The highest BCUT2D eigenvalue weighted by Gasteiger charge is 1.91. The molecule has 0 aliphatic rings. The van der Waals surface area contributed by atoms with Crippen molar-refractivity contribution in [2.45, 2.75) is 41.0 Å². The van der Waals surface area contributed by atoms with E-state index in [4.69, 9.17) is 0 Å². The van der Waals surface area contributed by atoms with E-state index in [1.807, 2.05) is 33.0 Å². The van der Waals surface area contributed by atoms with Gasteiger partial charge in [0.1, 0.15) is 5.82 Å². The fourth-order valence-electron chi connectivity index (χ4n) is 0.705. The van der Waals surface area contributed by atoms with Gasteiger partial charge in [0.25, 0.3) is 0 Å². The van der Waals surface area contributed by atoms with Crippen LogP contribution < -0.4 is 0 Å². The number of nitrogens with zero attached hydrogens (tertiary/aromatic N) is 1. The van der Waals surface area contributed by atoms with E-state index in [0.29, 0.717) is 0 Å². The molecule has 1 heterocycles. The highest BCUT2D eigenvalue weighted by atomic mass is 14.9. The van der Waals surface area contributed by atoms with Crippen molar-refractivity contribution in [2.24, 2.45) is 4.99 Å². The predicted octanol–water partition coefficient (Wildman–Crippen LogP) is 4.65. The quantitative estimate of drug-likeness (QED) is 0.685. The van der Waals surface area contributed by atoms with Crippen LogP contribution in [0.25, 0.3) is 0 Å². The van der Waals surface area contributed by atoms with Gasteiger partial charge in [-0.05, 0) is 18.6 Å². The molecular formula is C13H24N2. The Morgan fingerprint density at radius 3 is 2.27 bits per heavy atom. The Balaban J connectivity index is 0. The maximum atomic E-state index is 4.09. The Kier molecular flexibility index (Phi) is 13.6. The molecule has 0 saturated heterocycles. The van der Waals surface area contributed by atoms with Gasteiger partial charge < -0.3 is 4.98 Å². The topological polar surface area (TPSA) is 28.1 Å². The molecule has 0 spiro atoms. The molecule has 1 N–H and O–H groups in total. The smallest absolute Gasteiger partial charge is 0.132 e. The lowest BCUT2D eigenvalue weighted by Gasteiger charge is -1.86. The van der Waals surface area contributed by atoms with Gasteiger partial charge in [-0.1, -0.05) is 46.8 Å². The molecule has 0 fully saturated rings. The molecule has 0 amide bonds. The monoisotopic (exact) mass is 208 g/mol. The summed E-state index contributed by atoms with van der Waals surface area (Å²) in [7, 11) is 0. The maximum Gasteiger partial charge on any atom is 0.132 e. The number of nitrogens with one attached hydrogen (secondary N) is 1. The third-order valence-corrected chi connectivity index (χ3v) is 1.24. The Hall–Kier alpha value is -1.31. The Bertz CT molecular complexity index is 259. The molecule has 0 bridgehead atoms. The Morgan fingerprint density at radius 2 is 1.93 bits per heavy atom. The van der Waals surface area contributed by atoms with Crippen LogP contribution in [-0.4, -0.2) is 11.2 Å². The molecule has 1 aromatic heterocycles. The summed E-state index contributed by atoms with van der Waals surface area (Å²) in [6.45, 7) is 13.8. The number of allylic oxidation sites excluding steroid dienone is 1. The van der Waals surface area contributed by atoms with Crippen LogP contribution in [0.3, 0.4) is 0 Å². The first-order valence-corrected chi connectivity index (χ1v) is 5.55. The zero-order valence-corrected chi connectivity index (χ0v) is 10.7. The summed E-state index contributed by atoms with van der Waals surface area (Å²) >= 11 is 0. The molecule has 0 atom stereocenters. The van der Waals surface area contributed by atoms with E-state index in [-0.39, 0.29) is 0 Å². The van der Waals surface area contributed by atoms with Gasteiger partial charge in [-0.2, -0.15) is 0 Å². The lowest BCUT2D eigenvalue weighted by molar-refractivity contribution is 1.09. The van der Waals surface area contributed by atoms with Gasteiger partial charge in [0.05, 0.1) is 0 Å². The highest BCUT2D eigenvalue weighted by Crippen LogP contribution is 2.13. The van der Waals surface area contributed by atoms with Gasteiger partial charge in [-0.3, -0.25) is 0 Å². The van der Waals surface area contributed by atoms with Crippen LogP contribution in [0.15, 0.2) is 29.9 Å². The third kappa shape index (κ3) is 9.01. The third-order valence-electron chi connectivity index (χ3n) is 1.24. The van der Waals surface area contributed by atoms with Crippen LogP contribution >= 0.6 is 0 Å². The van der Waals surface area contributed by atoms with Gasteiger partial charge in [0, 0.05) is 12.4 Å². The lowest BCUT2D eigenvalue weighted by Crippen LogP contribution is -1.67. The van der Waals surface area contributed by atoms with Crippen molar-refractivity contribution in [1.82, 2.24) is 4.98 Å². The van der Waals surface area contributed by atoms with Gasteiger partial charge in [0.2, 0.25) is 0 Å². The van der Waals surface area contributed by atoms with E-state index in [1.54, 1.807) is 12.3 Å². The number of hydrogen-bond donors (Lipinski definition) is 1. The molecular weight excluding hydrogens is 184 g/mol. The van der Waals surface area contributed by atoms with Crippen LogP contribution in [0.2, 0.25) is 0 Å². The number of H-pyrrole nitrogens is 1. The second-order valence-electron chi connectivity index (χ2n) is 2.73. The average molecular weight is 208 g/mol. The molecule has 86 valence electrons. The first kappa shape index (κ1) is 16.1. The zero-order chi connectivity index (χ0) is 12.1. The molecule has 0 radical (unpaired) electrons. The molecule has 1 aromatic rings. The van der Waals surface area contributed by atoms with Crippen molar-refractivity contribution in [3.05, 3.63) is 30.5 Å². The van der Waals surface area contributed by atoms with E-state index in [2.05, 4.69) is 30.4 Å². The van der Waals surface area contributed by atoms with Gasteiger partial charge in [0.15, 0.2) is 0 Å². The minimum absolute atomic E-state index is 0.903. The zero-order valence-electron chi connectivity index (χ0n) is 10.7. The van der Waals surface area contributed by atoms with Crippen molar-refractivity contribution in [2.75, 3.05) is 0 Å². The molecule has 0 unspecified atom stereocenters. The maximum absolute atomic E-state index is 4.09. The number of aromatic nitrogens is 1. The van der Waals surface area contributed by atoms with Gasteiger partial charge in [-0.25, -0.2) is 4.99 Å². The van der Waals surface area contributed by atoms with E-state index in [0.717, 1.165) is 11.4 Å². The standard InChI is InChI=1S/C8H10N2.C3H8.C2H6/c1-3-5-9-8-7(2)4-6-10-8;1-3-2;1-2/h3-6,10H,1H2,2H3;3H2,1-2H3;1-2H3/b9-5-;;. The summed E-state index contributed by atoms with van der Waals surface area (Å²) in [5.41, 5.74) is 1.15. The van der Waals surface area contributed by atoms with Crippen LogP contribution in [0.4, 0.5) is 5.82 Å². The van der Waals surface area contributed by atoms with Crippen LogP contribution in [0.5, 0.6) is 0 Å². The van der Waals surface area contributed by atoms with Gasteiger partial charge >= 0.3 is 0 Å². The fraction of sp³-hybridized carbons (Fsp3) is 0.462. The molecule has 2 nitrogen and oxygen atoms in total. The van der Waals surface area contributed by atoms with Crippen molar-refractivity contribution >= 4 is 12.0 Å². The van der Waals surface area contributed by atoms with E-state index in [9.17, 15) is 0 Å². The summed E-state index contributed by atoms with van der Waals surface area (Å²) in [6, 6.07) is 1.98. The van der Waals surface area contributed by atoms with Gasteiger partial charge in [-0.15, -0.1) is 0 Å². The fourth-order valence-corrected chi connectivity index (χ4v) is 0.705. The number of aliphatic imine (C=N–C) groups is 1. The number of rotatable bonds is 2. The number of hydrogen-bond acceptors (Lipinski definition) is 1. The predicted molar refractivity (Wildman–Crippen MR) is 71.2 cm³/mol. The van der Waals surface area contributed by atoms with Crippen molar-refractivity contribution < 1.29 is 0 Å². The second kappa shape index (κ2) is 12.7. The van der Waals surface area contributed by atoms with Crippen LogP contribution in [-0.2, 0) is 0 Å². The van der Waals surface area contributed by atoms with E-state index in [1.165, 1.54) is 6.42 Å². The molecule has 0 aliphatic carbocycles. The van der Waals surface area contributed by atoms with Crippen LogP contribution in [0.1, 0.15) is 39.7 Å². The minimum Gasteiger partial charge on any atom is -0.346 e. The lowest BCUT2D eigenvalue weighted by atomic mass is 10.4. The normalized spacial score (nSPS) is 8.60. The van der Waals surface area contributed by atoms with E-state index >= 15 is 0 Å². The molecule has 15 heavy (non-hydrogen) atoms. The molecule has 2 heteroatoms. The SMILES string of the molecule is C=C/C=N\c1[nH]ccc1C.CC.CCC. The molecule has 0 aliphatic heterocycles. The Labute approximate surface area is 94.1 Å². The summed E-state index contributed by atoms with van der Waals surface area (Å²) < 4.78 is 0. The number of aryl methyl sites for hydroxylation is 1. The summed E-state index contributed by atoms with van der Waals surface area (Å²) in [5, 5.41) is 0. The van der Waals surface area contributed by atoms with Crippen LogP contribution in [0, 0.1) is 6.92 Å². The average Bonchev–Trinajstić information content (AvgIpc) is 2.65. The summed E-state index contributed by atoms with van der Waals surface area (Å²) in [6.07, 6.45) is 6.43. The van der Waals surface area contributed by atoms with Crippen molar-refractivity contribution in [3.63, 3.8) is 0 Å². The van der Waals surface area contributed by atoms with E-state index < -0.39 is 0 Å².